The van der Waals surface area contributed by atoms with Crippen molar-refractivity contribution in [2.75, 3.05) is 36.4 Å². The highest BCUT2D eigenvalue weighted by Gasteiger charge is 2.26. The molecule has 0 bridgehead atoms. The monoisotopic (exact) mass is 426 g/mol. The highest BCUT2D eigenvalue weighted by molar-refractivity contribution is 7.20. The van der Waals surface area contributed by atoms with Crippen molar-refractivity contribution in [1.29, 1.82) is 0 Å². The van der Waals surface area contributed by atoms with E-state index in [1.807, 2.05) is 34.5 Å². The number of hydrogen-bond acceptors (Lipinski definition) is 6. The van der Waals surface area contributed by atoms with Crippen molar-refractivity contribution >= 4 is 33.2 Å². The summed E-state index contributed by atoms with van der Waals surface area (Å²) < 4.78 is 1.93. The molecule has 8 heteroatoms. The van der Waals surface area contributed by atoms with Crippen molar-refractivity contribution in [3.05, 3.63) is 30.3 Å². The number of rotatable bonds is 5. The Morgan fingerprint density at radius 3 is 2.47 bits per heavy atom. The van der Waals surface area contributed by atoms with Crippen LogP contribution in [0.4, 0.5) is 10.9 Å². The Morgan fingerprint density at radius 1 is 1.13 bits per heavy atom. The van der Waals surface area contributed by atoms with Crippen LogP contribution in [0.2, 0.25) is 0 Å². The van der Waals surface area contributed by atoms with Crippen molar-refractivity contribution < 1.29 is 4.79 Å². The van der Waals surface area contributed by atoms with E-state index in [0.29, 0.717) is 6.42 Å². The molecule has 0 radical (unpaired) electrons. The fourth-order valence-corrected chi connectivity index (χ4v) is 4.60. The lowest BCUT2D eigenvalue weighted by Gasteiger charge is -2.34. The fraction of sp³-hybridized carbons (Fsp3) is 0.500. The van der Waals surface area contributed by atoms with Crippen LogP contribution >= 0.6 is 11.3 Å². The summed E-state index contributed by atoms with van der Waals surface area (Å²) in [6.45, 7) is 11.6. The molecule has 1 amide bonds. The lowest BCUT2D eigenvalue weighted by molar-refractivity contribution is -0.131. The summed E-state index contributed by atoms with van der Waals surface area (Å²) in [5.74, 6) is 1.18. The van der Waals surface area contributed by atoms with Crippen LogP contribution < -0.4 is 10.2 Å². The highest BCUT2D eigenvalue weighted by atomic mass is 32.1. The number of benzene rings is 1. The van der Waals surface area contributed by atoms with Crippen molar-refractivity contribution in [2.45, 2.75) is 46.1 Å². The number of nitrogens with one attached hydrogen (secondary N) is 1. The molecule has 0 atom stereocenters. The summed E-state index contributed by atoms with van der Waals surface area (Å²) in [6.07, 6.45) is 1.53. The minimum absolute atomic E-state index is 0.117. The molecule has 160 valence electrons. The van der Waals surface area contributed by atoms with Gasteiger partial charge in [-0.25, -0.2) is 4.98 Å². The lowest BCUT2D eigenvalue weighted by Crippen LogP contribution is -2.48. The molecule has 0 spiro atoms. The average Bonchev–Trinajstić information content (AvgIpc) is 3.27. The maximum atomic E-state index is 12.2. The Hall–Kier alpha value is -2.61. The summed E-state index contributed by atoms with van der Waals surface area (Å²) in [6, 6.07) is 10.2. The molecule has 3 heterocycles. The van der Waals surface area contributed by atoms with Crippen molar-refractivity contribution in [3.8, 4) is 11.3 Å². The topological polar surface area (TPSA) is 65.8 Å². The van der Waals surface area contributed by atoms with E-state index in [0.717, 1.165) is 59.8 Å². The van der Waals surface area contributed by atoms with Crippen LogP contribution in [-0.4, -0.2) is 57.1 Å². The predicted octanol–water partition coefficient (Wildman–Crippen LogP) is 4.12. The highest BCUT2D eigenvalue weighted by Crippen LogP contribution is 2.34. The molecule has 1 saturated heterocycles. The first-order valence-electron chi connectivity index (χ1n) is 10.6. The number of nitrogens with zero attached hydrogens (tertiary/aromatic N) is 5. The van der Waals surface area contributed by atoms with Crippen LogP contribution in [-0.2, 0) is 4.79 Å². The molecule has 4 rings (SSSR count). The maximum Gasteiger partial charge on any atom is 0.222 e. The average molecular weight is 427 g/mol. The van der Waals surface area contributed by atoms with E-state index >= 15 is 0 Å². The minimum atomic E-state index is -0.117. The molecule has 1 aliphatic rings. The molecule has 1 N–H and O–H groups in total. The van der Waals surface area contributed by atoms with Gasteiger partial charge < -0.3 is 15.1 Å². The van der Waals surface area contributed by atoms with Crippen molar-refractivity contribution in [2.24, 2.45) is 0 Å². The number of aromatic nitrogens is 3. The molecule has 0 unspecified atom stereocenters. The van der Waals surface area contributed by atoms with Crippen LogP contribution in [0.25, 0.3) is 16.2 Å². The number of hydrogen-bond donors (Lipinski definition) is 1. The van der Waals surface area contributed by atoms with Crippen LogP contribution in [0.15, 0.2) is 30.3 Å². The Balaban J connectivity index is 1.61. The summed E-state index contributed by atoms with van der Waals surface area (Å²) in [7, 11) is 0. The molecule has 1 aromatic carbocycles. The van der Waals surface area contributed by atoms with Crippen LogP contribution in [0.5, 0.6) is 0 Å². The standard InChI is InChI=1S/C22H30N6OS/c1-5-9-17(29)26-12-14-27(15-13-26)21-25-28-19(24-22(2,3)4)18(23-20(28)30-21)16-10-7-6-8-11-16/h6-8,10-11,24H,5,9,12-15H2,1-4H3. The smallest absolute Gasteiger partial charge is 0.222 e. The van der Waals surface area contributed by atoms with Gasteiger partial charge in [0.2, 0.25) is 16.0 Å². The predicted molar refractivity (Wildman–Crippen MR) is 123 cm³/mol. The molecular formula is C22H30N6OS. The minimum Gasteiger partial charge on any atom is -0.364 e. The second-order valence-electron chi connectivity index (χ2n) is 8.75. The van der Waals surface area contributed by atoms with Gasteiger partial charge in [0.25, 0.3) is 0 Å². The zero-order valence-corrected chi connectivity index (χ0v) is 19.0. The van der Waals surface area contributed by atoms with E-state index in [1.54, 1.807) is 11.3 Å². The number of anilines is 2. The van der Waals surface area contributed by atoms with Crippen LogP contribution in [0.3, 0.4) is 0 Å². The van der Waals surface area contributed by atoms with Gasteiger partial charge in [0, 0.05) is 43.7 Å². The molecule has 30 heavy (non-hydrogen) atoms. The molecule has 3 aromatic rings. The summed E-state index contributed by atoms with van der Waals surface area (Å²) >= 11 is 1.60. The fourth-order valence-electron chi connectivity index (χ4n) is 3.65. The number of fused-ring (bicyclic) bond motifs is 1. The van der Waals surface area contributed by atoms with E-state index in [1.165, 1.54) is 0 Å². The molecule has 1 aliphatic heterocycles. The van der Waals surface area contributed by atoms with Crippen molar-refractivity contribution in [3.63, 3.8) is 0 Å². The summed E-state index contributed by atoms with van der Waals surface area (Å²) in [4.78, 5) is 22.2. The molecule has 1 fully saturated rings. The zero-order chi connectivity index (χ0) is 21.3. The Bertz CT molecular complexity index is 1010. The Labute approximate surface area is 181 Å². The quantitative estimate of drug-likeness (QED) is 0.665. The summed E-state index contributed by atoms with van der Waals surface area (Å²) in [5.41, 5.74) is 1.88. The van der Waals surface area contributed by atoms with Crippen LogP contribution in [0.1, 0.15) is 40.5 Å². The SMILES string of the molecule is CCCC(=O)N1CCN(c2nn3c(NC(C)(C)C)c(-c4ccccc4)nc3s2)CC1. The third-order valence-corrected chi connectivity index (χ3v) is 6.07. The van der Waals surface area contributed by atoms with E-state index < -0.39 is 0 Å². The van der Waals surface area contributed by atoms with Gasteiger partial charge in [0.15, 0.2) is 5.82 Å². The van der Waals surface area contributed by atoms with Gasteiger partial charge in [-0.2, -0.15) is 4.52 Å². The molecule has 0 aliphatic carbocycles. The lowest BCUT2D eigenvalue weighted by atomic mass is 10.1. The van der Waals surface area contributed by atoms with Crippen LogP contribution in [0, 0.1) is 0 Å². The van der Waals surface area contributed by atoms with Gasteiger partial charge in [-0.3, -0.25) is 4.79 Å². The molecule has 7 nitrogen and oxygen atoms in total. The van der Waals surface area contributed by atoms with Gasteiger partial charge >= 0.3 is 0 Å². The van der Waals surface area contributed by atoms with Gasteiger partial charge in [-0.05, 0) is 27.2 Å². The van der Waals surface area contributed by atoms with E-state index in [4.69, 9.17) is 10.1 Å². The molecular weight excluding hydrogens is 396 g/mol. The maximum absolute atomic E-state index is 12.2. The molecule has 0 saturated carbocycles. The van der Waals surface area contributed by atoms with Gasteiger partial charge in [-0.1, -0.05) is 48.6 Å². The first-order chi connectivity index (χ1) is 14.4. The number of amides is 1. The van der Waals surface area contributed by atoms with Gasteiger partial charge in [0.05, 0.1) is 0 Å². The first kappa shape index (κ1) is 20.7. The Kier molecular flexibility index (Phi) is 5.69. The van der Waals surface area contributed by atoms with Gasteiger partial charge in [0.1, 0.15) is 5.69 Å². The number of imidazole rings is 1. The van der Waals surface area contributed by atoms with E-state index in [9.17, 15) is 4.79 Å². The zero-order valence-electron chi connectivity index (χ0n) is 18.2. The second-order valence-corrected chi connectivity index (χ2v) is 9.68. The number of carbonyl (C=O) groups is 1. The van der Waals surface area contributed by atoms with E-state index in [-0.39, 0.29) is 11.4 Å². The number of piperazine rings is 1. The Morgan fingerprint density at radius 2 is 1.83 bits per heavy atom. The van der Waals surface area contributed by atoms with E-state index in [2.05, 4.69) is 43.1 Å². The number of carbonyl (C=O) groups excluding carboxylic acids is 1. The second kappa shape index (κ2) is 8.26. The van der Waals surface area contributed by atoms with Crippen molar-refractivity contribution in [1.82, 2.24) is 19.5 Å². The normalized spacial score (nSPS) is 15.1. The van der Waals surface area contributed by atoms with Gasteiger partial charge in [-0.15, -0.1) is 5.10 Å². The molecule has 2 aromatic heterocycles. The third kappa shape index (κ3) is 4.28. The first-order valence-corrected chi connectivity index (χ1v) is 11.4. The third-order valence-electron chi connectivity index (χ3n) is 5.10. The largest absolute Gasteiger partial charge is 0.364 e. The summed E-state index contributed by atoms with van der Waals surface area (Å²) in [5, 5.41) is 9.46.